The summed E-state index contributed by atoms with van der Waals surface area (Å²) >= 11 is 5.24. The van der Waals surface area contributed by atoms with Crippen molar-refractivity contribution in [3.63, 3.8) is 0 Å². The summed E-state index contributed by atoms with van der Waals surface area (Å²) in [5.74, 6) is 2.10. The average Bonchev–Trinajstić information content (AvgIpc) is 2.97. The van der Waals surface area contributed by atoms with Gasteiger partial charge in [0.1, 0.15) is 10.4 Å². The Balaban J connectivity index is 2.39. The van der Waals surface area contributed by atoms with Gasteiger partial charge in [-0.1, -0.05) is 12.1 Å². The van der Waals surface area contributed by atoms with Crippen molar-refractivity contribution in [3.8, 4) is 10.7 Å². The molecule has 0 aliphatic rings. The molecule has 3 heterocycles. The van der Waals surface area contributed by atoms with E-state index in [1.54, 1.807) is 11.3 Å². The van der Waals surface area contributed by atoms with Gasteiger partial charge in [0.05, 0.1) is 10.4 Å². The molecule has 3 rings (SSSR count). The fraction of sp³-hybridized carbons (Fsp3) is 0.154. The first-order chi connectivity index (χ1) is 8.68. The lowest BCUT2D eigenvalue weighted by Crippen LogP contribution is -2.13. The van der Waals surface area contributed by atoms with Gasteiger partial charge in [0.15, 0.2) is 5.82 Å². The smallest absolute Gasteiger partial charge is 0.157 e. The zero-order valence-electron chi connectivity index (χ0n) is 10.1. The van der Waals surface area contributed by atoms with Gasteiger partial charge in [-0.3, -0.25) is 4.40 Å². The summed E-state index contributed by atoms with van der Waals surface area (Å²) in [5, 5.41) is 2.07. The largest absolute Gasteiger partial charge is 0.364 e. The molecule has 0 aliphatic carbocycles. The summed E-state index contributed by atoms with van der Waals surface area (Å²) in [4.78, 5) is 7.91. The number of fused-ring (bicyclic) bond motifs is 1. The van der Waals surface area contributed by atoms with Crippen LogP contribution in [-0.2, 0) is 0 Å². The van der Waals surface area contributed by atoms with E-state index < -0.39 is 0 Å². The summed E-state index contributed by atoms with van der Waals surface area (Å²) in [6, 6.07) is 10.4. The van der Waals surface area contributed by atoms with Gasteiger partial charge in [-0.2, -0.15) is 0 Å². The first-order valence-corrected chi connectivity index (χ1v) is 7.24. The first-order valence-electron chi connectivity index (χ1n) is 5.56. The predicted octanol–water partition coefficient (Wildman–Crippen LogP) is 3.89. The predicted molar refractivity (Wildman–Crippen MR) is 80.5 cm³/mol. The third-order valence-electron chi connectivity index (χ3n) is 2.80. The van der Waals surface area contributed by atoms with E-state index in [-0.39, 0.29) is 0 Å². The Bertz CT molecular complexity index is 686. The van der Waals surface area contributed by atoms with Gasteiger partial charge in [0, 0.05) is 14.1 Å². The molecule has 0 radical (unpaired) electrons. The van der Waals surface area contributed by atoms with Crippen LogP contribution < -0.4 is 4.90 Å². The molecule has 0 spiro atoms. The molecule has 0 aromatic carbocycles. The molecule has 5 heteroatoms. The summed E-state index contributed by atoms with van der Waals surface area (Å²) in [6.07, 6.45) is 0. The van der Waals surface area contributed by atoms with Crippen LogP contribution in [0.1, 0.15) is 0 Å². The van der Waals surface area contributed by atoms with Crippen LogP contribution in [0, 0.1) is 0 Å². The number of pyridine rings is 1. The van der Waals surface area contributed by atoms with Gasteiger partial charge in [0.25, 0.3) is 0 Å². The molecule has 92 valence electrons. The van der Waals surface area contributed by atoms with Crippen molar-refractivity contribution in [1.82, 2.24) is 9.38 Å². The number of imidazole rings is 1. The molecule has 0 bridgehead atoms. The minimum absolute atomic E-state index is 0.884. The maximum Gasteiger partial charge on any atom is 0.157 e. The quantitative estimate of drug-likeness (QED) is 0.713. The van der Waals surface area contributed by atoms with Crippen molar-refractivity contribution < 1.29 is 0 Å². The summed E-state index contributed by atoms with van der Waals surface area (Å²) in [6.45, 7) is 0. The van der Waals surface area contributed by atoms with Crippen LogP contribution in [0.4, 0.5) is 5.82 Å². The minimum atomic E-state index is 0.884. The van der Waals surface area contributed by atoms with Crippen molar-refractivity contribution >= 4 is 38.6 Å². The second kappa shape index (κ2) is 4.40. The topological polar surface area (TPSA) is 20.5 Å². The second-order valence-corrected chi connectivity index (χ2v) is 5.90. The number of halogens is 1. The Hall–Kier alpha value is -1.33. The Morgan fingerprint density at radius 3 is 2.72 bits per heavy atom. The number of nitrogens with zero attached hydrogens (tertiary/aromatic N) is 3. The molecule has 3 nitrogen and oxygen atoms in total. The highest BCUT2D eigenvalue weighted by molar-refractivity contribution is 9.10. The summed E-state index contributed by atoms with van der Waals surface area (Å²) in [7, 11) is 4.09. The number of aromatic nitrogens is 2. The van der Waals surface area contributed by atoms with Gasteiger partial charge in [-0.15, -0.1) is 11.3 Å². The van der Waals surface area contributed by atoms with Crippen LogP contribution in [0.2, 0.25) is 0 Å². The fourth-order valence-electron chi connectivity index (χ4n) is 2.00. The minimum Gasteiger partial charge on any atom is -0.364 e. The number of thiophene rings is 1. The maximum atomic E-state index is 4.64. The average molecular weight is 322 g/mol. The van der Waals surface area contributed by atoms with Crippen LogP contribution in [-0.4, -0.2) is 23.5 Å². The summed E-state index contributed by atoms with van der Waals surface area (Å²) < 4.78 is 3.06. The molecule has 0 fully saturated rings. The molecule has 0 amide bonds. The normalized spacial score (nSPS) is 11.1. The van der Waals surface area contributed by atoms with E-state index >= 15 is 0 Å². The van der Waals surface area contributed by atoms with Crippen molar-refractivity contribution in [2.75, 3.05) is 19.0 Å². The Labute approximate surface area is 118 Å². The Morgan fingerprint density at radius 1 is 1.22 bits per heavy atom. The van der Waals surface area contributed by atoms with Crippen LogP contribution >= 0.6 is 27.3 Å². The molecule has 0 atom stereocenters. The lowest BCUT2D eigenvalue weighted by molar-refractivity contribution is 1.03. The number of anilines is 1. The van der Waals surface area contributed by atoms with Crippen molar-refractivity contribution in [1.29, 1.82) is 0 Å². The highest BCUT2D eigenvalue weighted by Gasteiger charge is 2.15. The second-order valence-electron chi connectivity index (χ2n) is 4.20. The third-order valence-corrected chi connectivity index (χ3v) is 4.25. The zero-order chi connectivity index (χ0) is 12.7. The molecular weight excluding hydrogens is 310 g/mol. The first kappa shape index (κ1) is 11.7. The Morgan fingerprint density at radius 2 is 2.06 bits per heavy atom. The lowest BCUT2D eigenvalue weighted by Gasteiger charge is -2.15. The van der Waals surface area contributed by atoms with Crippen LogP contribution in [0.5, 0.6) is 0 Å². The molecule has 0 saturated carbocycles. The van der Waals surface area contributed by atoms with Crippen molar-refractivity contribution in [3.05, 3.63) is 40.3 Å². The fourth-order valence-corrected chi connectivity index (χ4v) is 3.18. The molecule has 0 saturated heterocycles. The molecule has 18 heavy (non-hydrogen) atoms. The van der Waals surface area contributed by atoms with Crippen LogP contribution in [0.3, 0.4) is 0 Å². The van der Waals surface area contributed by atoms with Gasteiger partial charge >= 0.3 is 0 Å². The standard InChI is InChI=1S/C13H12BrN3S/c1-16(2)11-7-3-5-9-12(14)15-13(17(9)11)10-6-4-8-18-10/h3-8H,1-2H3. The van der Waals surface area contributed by atoms with E-state index in [9.17, 15) is 0 Å². The molecule has 0 aliphatic heterocycles. The SMILES string of the molecule is CN(C)c1cccc2c(Br)nc(-c3cccs3)n12. The Kier molecular flexibility index (Phi) is 2.87. The highest BCUT2D eigenvalue weighted by atomic mass is 79.9. The highest BCUT2D eigenvalue weighted by Crippen LogP contribution is 2.32. The van der Waals surface area contributed by atoms with Gasteiger partial charge in [-0.25, -0.2) is 4.98 Å². The van der Waals surface area contributed by atoms with E-state index in [1.807, 2.05) is 20.2 Å². The van der Waals surface area contributed by atoms with Crippen LogP contribution in [0.25, 0.3) is 16.2 Å². The number of rotatable bonds is 2. The van der Waals surface area contributed by atoms with E-state index in [0.29, 0.717) is 0 Å². The summed E-state index contributed by atoms with van der Waals surface area (Å²) in [5.41, 5.74) is 1.09. The third kappa shape index (κ3) is 1.74. The maximum absolute atomic E-state index is 4.64. The van der Waals surface area contributed by atoms with Gasteiger partial charge in [-0.05, 0) is 39.5 Å². The molecule has 3 aromatic heterocycles. The molecule has 0 unspecified atom stereocenters. The van der Waals surface area contributed by atoms with E-state index in [1.165, 1.54) is 4.88 Å². The van der Waals surface area contributed by atoms with Gasteiger partial charge in [0.2, 0.25) is 0 Å². The van der Waals surface area contributed by atoms with E-state index in [0.717, 1.165) is 21.8 Å². The van der Waals surface area contributed by atoms with Crippen LogP contribution in [0.15, 0.2) is 40.3 Å². The lowest BCUT2D eigenvalue weighted by atomic mass is 10.3. The van der Waals surface area contributed by atoms with Gasteiger partial charge < -0.3 is 4.90 Å². The monoisotopic (exact) mass is 321 g/mol. The van der Waals surface area contributed by atoms with Crippen molar-refractivity contribution in [2.24, 2.45) is 0 Å². The zero-order valence-corrected chi connectivity index (χ0v) is 12.5. The van der Waals surface area contributed by atoms with E-state index in [2.05, 4.69) is 59.9 Å². The molecule has 3 aromatic rings. The number of hydrogen-bond donors (Lipinski definition) is 0. The molecule has 0 N–H and O–H groups in total. The number of hydrogen-bond acceptors (Lipinski definition) is 3. The molecular formula is C13H12BrN3S. The van der Waals surface area contributed by atoms with E-state index in [4.69, 9.17) is 0 Å². The van der Waals surface area contributed by atoms with Crippen molar-refractivity contribution in [2.45, 2.75) is 0 Å².